The molecule has 0 radical (unpaired) electrons. The first-order chi connectivity index (χ1) is 11.3. The van der Waals surface area contributed by atoms with E-state index in [4.69, 9.17) is 0 Å². The van der Waals surface area contributed by atoms with Gasteiger partial charge in [0.25, 0.3) is 0 Å². The number of fused-ring (bicyclic) bond motifs is 1. The summed E-state index contributed by atoms with van der Waals surface area (Å²) in [4.78, 5) is 3.95. The van der Waals surface area contributed by atoms with Crippen LogP contribution in [0, 0.1) is 0 Å². The summed E-state index contributed by atoms with van der Waals surface area (Å²) in [6.45, 7) is 4.37. The van der Waals surface area contributed by atoms with E-state index in [1.54, 1.807) is 4.90 Å². The lowest BCUT2D eigenvalue weighted by Gasteiger charge is -2.31. The van der Waals surface area contributed by atoms with Gasteiger partial charge in [0.1, 0.15) is 5.69 Å². The SMILES string of the molecule is C[NH+]1CCN(c2nnc(-c3ccccc3)c3ccccc23)CC1. The number of nitrogens with zero attached hydrogens (tertiary/aromatic N) is 3. The van der Waals surface area contributed by atoms with Crippen LogP contribution in [0.4, 0.5) is 5.82 Å². The van der Waals surface area contributed by atoms with Crippen LogP contribution in [-0.4, -0.2) is 43.4 Å². The molecule has 0 bridgehead atoms. The monoisotopic (exact) mass is 305 g/mol. The minimum Gasteiger partial charge on any atom is -0.343 e. The molecule has 116 valence electrons. The molecule has 3 aromatic rings. The molecule has 4 nitrogen and oxygen atoms in total. The molecule has 1 saturated heterocycles. The number of quaternary nitrogens is 1. The van der Waals surface area contributed by atoms with Gasteiger partial charge in [-0.1, -0.05) is 54.6 Å². The molecule has 0 unspecified atom stereocenters. The fourth-order valence-electron chi connectivity index (χ4n) is 3.23. The van der Waals surface area contributed by atoms with Gasteiger partial charge in [-0.2, -0.15) is 0 Å². The minimum absolute atomic E-state index is 0.963. The molecule has 23 heavy (non-hydrogen) atoms. The molecule has 0 spiro atoms. The zero-order valence-corrected chi connectivity index (χ0v) is 13.4. The maximum absolute atomic E-state index is 4.60. The van der Waals surface area contributed by atoms with E-state index in [1.807, 2.05) is 18.2 Å². The van der Waals surface area contributed by atoms with Gasteiger partial charge in [0.05, 0.1) is 33.2 Å². The largest absolute Gasteiger partial charge is 0.343 e. The van der Waals surface area contributed by atoms with Gasteiger partial charge in [-0.3, -0.25) is 0 Å². The van der Waals surface area contributed by atoms with Crippen LogP contribution in [-0.2, 0) is 0 Å². The Labute approximate surface area is 136 Å². The Morgan fingerprint density at radius 2 is 1.48 bits per heavy atom. The Morgan fingerprint density at radius 3 is 2.22 bits per heavy atom. The highest BCUT2D eigenvalue weighted by atomic mass is 15.3. The lowest BCUT2D eigenvalue weighted by Crippen LogP contribution is -3.12. The Kier molecular flexibility index (Phi) is 3.67. The number of piperazine rings is 1. The molecule has 1 aliphatic rings. The van der Waals surface area contributed by atoms with Crippen molar-refractivity contribution in [1.82, 2.24) is 10.2 Å². The predicted molar refractivity (Wildman–Crippen MR) is 93.8 cm³/mol. The van der Waals surface area contributed by atoms with Crippen molar-refractivity contribution in [2.45, 2.75) is 0 Å². The molecule has 1 aromatic heterocycles. The zero-order valence-electron chi connectivity index (χ0n) is 13.4. The topological polar surface area (TPSA) is 33.5 Å². The predicted octanol–water partition coefficient (Wildman–Crippen LogP) is 1.63. The molecule has 0 atom stereocenters. The second-order valence-electron chi connectivity index (χ2n) is 6.23. The quantitative estimate of drug-likeness (QED) is 0.781. The van der Waals surface area contributed by atoms with Gasteiger partial charge in [0.2, 0.25) is 0 Å². The highest BCUT2D eigenvalue weighted by Crippen LogP contribution is 2.31. The van der Waals surface area contributed by atoms with E-state index >= 15 is 0 Å². The lowest BCUT2D eigenvalue weighted by molar-refractivity contribution is -0.880. The maximum Gasteiger partial charge on any atom is 0.159 e. The number of rotatable bonds is 2. The van der Waals surface area contributed by atoms with Crippen molar-refractivity contribution in [3.63, 3.8) is 0 Å². The molecule has 1 fully saturated rings. The molecule has 4 heteroatoms. The smallest absolute Gasteiger partial charge is 0.159 e. The van der Waals surface area contributed by atoms with Crippen molar-refractivity contribution in [1.29, 1.82) is 0 Å². The van der Waals surface area contributed by atoms with Crippen LogP contribution in [0.3, 0.4) is 0 Å². The third kappa shape index (κ3) is 2.66. The maximum atomic E-state index is 4.60. The van der Waals surface area contributed by atoms with Crippen LogP contribution in [0.25, 0.3) is 22.0 Å². The summed E-state index contributed by atoms with van der Waals surface area (Å²) >= 11 is 0. The first-order valence-electron chi connectivity index (χ1n) is 8.20. The lowest BCUT2D eigenvalue weighted by atomic mass is 10.0. The summed E-state index contributed by atoms with van der Waals surface area (Å²) in [6, 6.07) is 18.8. The van der Waals surface area contributed by atoms with Crippen molar-refractivity contribution < 1.29 is 4.90 Å². The average Bonchev–Trinajstić information content (AvgIpc) is 2.62. The van der Waals surface area contributed by atoms with Crippen LogP contribution < -0.4 is 9.80 Å². The summed E-state index contributed by atoms with van der Waals surface area (Å²) in [5.41, 5.74) is 2.08. The van der Waals surface area contributed by atoms with Crippen molar-refractivity contribution in [3.05, 3.63) is 54.6 Å². The molecular formula is C19H21N4+. The summed E-state index contributed by atoms with van der Waals surface area (Å²) in [7, 11) is 2.25. The third-order valence-corrected chi connectivity index (χ3v) is 4.63. The van der Waals surface area contributed by atoms with E-state index in [0.29, 0.717) is 0 Å². The van der Waals surface area contributed by atoms with Crippen LogP contribution in [0.1, 0.15) is 0 Å². The number of hydrogen-bond donors (Lipinski definition) is 1. The van der Waals surface area contributed by atoms with E-state index in [2.05, 4.69) is 58.5 Å². The molecule has 2 heterocycles. The van der Waals surface area contributed by atoms with E-state index in [-0.39, 0.29) is 0 Å². The van der Waals surface area contributed by atoms with E-state index in [0.717, 1.165) is 43.3 Å². The average molecular weight is 305 g/mol. The normalized spacial score (nSPS) is 16.0. The third-order valence-electron chi connectivity index (χ3n) is 4.63. The minimum atomic E-state index is 0.963. The van der Waals surface area contributed by atoms with Crippen LogP contribution in [0.15, 0.2) is 54.6 Å². The Hall–Kier alpha value is -2.46. The summed E-state index contributed by atoms with van der Waals surface area (Å²) in [5.74, 6) is 1.02. The van der Waals surface area contributed by atoms with Gasteiger partial charge in [-0.25, -0.2) is 0 Å². The van der Waals surface area contributed by atoms with E-state index < -0.39 is 0 Å². The van der Waals surface area contributed by atoms with E-state index in [9.17, 15) is 0 Å². The van der Waals surface area contributed by atoms with Crippen molar-refractivity contribution >= 4 is 16.6 Å². The fraction of sp³-hybridized carbons (Fsp3) is 0.263. The van der Waals surface area contributed by atoms with Gasteiger partial charge in [0.15, 0.2) is 5.82 Å². The molecular weight excluding hydrogens is 284 g/mol. The van der Waals surface area contributed by atoms with Gasteiger partial charge < -0.3 is 9.80 Å². The molecule has 1 N–H and O–H groups in total. The van der Waals surface area contributed by atoms with Crippen molar-refractivity contribution in [2.75, 3.05) is 38.1 Å². The van der Waals surface area contributed by atoms with Crippen molar-refractivity contribution in [3.8, 4) is 11.3 Å². The first kappa shape index (κ1) is 14.2. The Morgan fingerprint density at radius 1 is 0.826 bits per heavy atom. The number of aromatic nitrogens is 2. The zero-order chi connectivity index (χ0) is 15.6. The van der Waals surface area contributed by atoms with Crippen molar-refractivity contribution in [2.24, 2.45) is 0 Å². The van der Waals surface area contributed by atoms with Gasteiger partial charge in [0, 0.05) is 16.3 Å². The van der Waals surface area contributed by atoms with Crippen LogP contribution in [0.2, 0.25) is 0 Å². The standard InChI is InChI=1S/C19H20N4/c1-22-11-13-23(14-12-22)19-17-10-6-5-9-16(17)18(20-21-19)15-7-3-2-4-8-15/h2-10H,11-14H2,1H3/p+1. The number of likely N-dealkylation sites (N-methyl/N-ethyl adjacent to an activating group) is 1. The summed E-state index contributed by atoms with van der Waals surface area (Å²) < 4.78 is 0. The first-order valence-corrected chi connectivity index (χ1v) is 8.20. The highest BCUT2D eigenvalue weighted by Gasteiger charge is 2.21. The Balaban J connectivity index is 1.83. The second-order valence-corrected chi connectivity index (χ2v) is 6.23. The number of hydrogen-bond acceptors (Lipinski definition) is 3. The highest BCUT2D eigenvalue weighted by molar-refractivity contribution is 6.00. The van der Waals surface area contributed by atoms with Gasteiger partial charge in [-0.15, -0.1) is 10.2 Å². The molecule has 4 rings (SSSR count). The molecule has 0 aliphatic carbocycles. The molecule has 1 aliphatic heterocycles. The summed E-state index contributed by atoms with van der Waals surface area (Å²) in [6.07, 6.45) is 0. The number of anilines is 1. The molecule has 2 aromatic carbocycles. The van der Waals surface area contributed by atoms with Gasteiger partial charge in [-0.05, 0) is 0 Å². The fourth-order valence-corrected chi connectivity index (χ4v) is 3.23. The molecule has 0 amide bonds. The second kappa shape index (κ2) is 5.97. The van der Waals surface area contributed by atoms with Crippen LogP contribution in [0.5, 0.6) is 0 Å². The number of nitrogens with one attached hydrogen (secondary N) is 1. The molecule has 0 saturated carbocycles. The van der Waals surface area contributed by atoms with E-state index in [1.165, 1.54) is 10.8 Å². The van der Waals surface area contributed by atoms with Gasteiger partial charge >= 0.3 is 0 Å². The number of benzene rings is 2. The Bertz CT molecular complexity index is 808. The van der Waals surface area contributed by atoms with Crippen LogP contribution >= 0.6 is 0 Å². The summed E-state index contributed by atoms with van der Waals surface area (Å²) in [5, 5.41) is 11.5.